The Balaban J connectivity index is 2.06. The number of unbranched alkanes of at least 4 members (excludes halogenated alkanes) is 9. The first-order valence-electron chi connectivity index (χ1n) is 9.92. The van der Waals surface area contributed by atoms with Crippen LogP contribution in [0.4, 0.5) is 0 Å². The summed E-state index contributed by atoms with van der Waals surface area (Å²) in [5.74, 6) is 0.305. The minimum atomic E-state index is -0.136. The maximum atomic E-state index is 11.9. The molecule has 5 heteroatoms. The zero-order valence-corrected chi connectivity index (χ0v) is 16.8. The van der Waals surface area contributed by atoms with Crippen LogP contribution >= 0.6 is 11.6 Å². The maximum absolute atomic E-state index is 11.9. The van der Waals surface area contributed by atoms with Crippen molar-refractivity contribution in [3.8, 4) is 0 Å². The molecule has 1 aromatic rings. The fourth-order valence-corrected chi connectivity index (χ4v) is 3.27. The molecule has 0 bridgehead atoms. The summed E-state index contributed by atoms with van der Waals surface area (Å²) in [5.41, 5.74) is -0.136. The van der Waals surface area contributed by atoms with Gasteiger partial charge in [0.15, 0.2) is 0 Å². The van der Waals surface area contributed by atoms with E-state index in [9.17, 15) is 9.59 Å². The van der Waals surface area contributed by atoms with Crippen LogP contribution in [-0.2, 0) is 4.79 Å². The molecule has 0 N–H and O–H groups in total. The zero-order valence-electron chi connectivity index (χ0n) is 16.1. The highest BCUT2D eigenvalue weighted by Crippen LogP contribution is 2.17. The predicted molar refractivity (Wildman–Crippen MR) is 109 cm³/mol. The van der Waals surface area contributed by atoms with Crippen LogP contribution in [0.1, 0.15) is 90.0 Å². The SMILES string of the molecule is C=C[C@H](CCCCCCCCCCCCC(C)=O)n1nc(Cl)ccc1=O. The van der Waals surface area contributed by atoms with Crippen LogP contribution < -0.4 is 5.56 Å². The average molecular weight is 381 g/mol. The van der Waals surface area contributed by atoms with Crippen molar-refractivity contribution in [1.82, 2.24) is 9.78 Å². The number of rotatable bonds is 15. The number of hydrogen-bond donors (Lipinski definition) is 0. The van der Waals surface area contributed by atoms with Crippen molar-refractivity contribution in [1.29, 1.82) is 0 Å². The highest BCUT2D eigenvalue weighted by Gasteiger charge is 2.10. The van der Waals surface area contributed by atoms with Gasteiger partial charge in [0.05, 0.1) is 6.04 Å². The van der Waals surface area contributed by atoms with Crippen LogP contribution in [0.3, 0.4) is 0 Å². The molecule has 0 unspecified atom stereocenters. The van der Waals surface area contributed by atoms with Gasteiger partial charge in [-0.1, -0.05) is 75.5 Å². The van der Waals surface area contributed by atoms with Gasteiger partial charge in [-0.05, 0) is 25.8 Å². The van der Waals surface area contributed by atoms with Crippen LogP contribution in [0.2, 0.25) is 5.15 Å². The molecule has 0 spiro atoms. The van der Waals surface area contributed by atoms with Crippen molar-refractivity contribution >= 4 is 17.4 Å². The van der Waals surface area contributed by atoms with E-state index in [0.717, 1.165) is 32.1 Å². The van der Waals surface area contributed by atoms with Crippen molar-refractivity contribution in [2.24, 2.45) is 0 Å². The molecule has 1 heterocycles. The minimum Gasteiger partial charge on any atom is -0.300 e. The molecular formula is C21H33ClN2O2. The zero-order chi connectivity index (χ0) is 19.2. The molecule has 26 heavy (non-hydrogen) atoms. The number of hydrogen-bond acceptors (Lipinski definition) is 3. The molecule has 146 valence electrons. The van der Waals surface area contributed by atoms with E-state index in [-0.39, 0.29) is 11.6 Å². The van der Waals surface area contributed by atoms with Crippen LogP contribution in [0, 0.1) is 0 Å². The second-order valence-electron chi connectivity index (χ2n) is 7.02. The highest BCUT2D eigenvalue weighted by molar-refractivity contribution is 6.29. The Bertz CT molecular complexity index is 598. The summed E-state index contributed by atoms with van der Waals surface area (Å²) in [6, 6.07) is 2.88. The number of halogens is 1. The van der Waals surface area contributed by atoms with Crippen LogP contribution in [0.5, 0.6) is 0 Å². The Morgan fingerprint density at radius 3 is 2.15 bits per heavy atom. The quantitative estimate of drug-likeness (QED) is 0.281. The molecule has 1 rings (SSSR count). The average Bonchev–Trinajstić information content (AvgIpc) is 2.61. The molecule has 4 nitrogen and oxygen atoms in total. The van der Waals surface area contributed by atoms with Gasteiger partial charge in [0.25, 0.3) is 5.56 Å². The van der Waals surface area contributed by atoms with Gasteiger partial charge in [-0.3, -0.25) is 4.79 Å². The standard InChI is InChI=1S/C21H33ClN2O2/c1-3-19(24-21(26)17-16-20(22)23-24)15-13-11-9-7-5-4-6-8-10-12-14-18(2)25/h3,16-17,19H,1,4-15H2,2H3/t19-/m1/s1. The Kier molecular flexibility index (Phi) is 12.0. The summed E-state index contributed by atoms with van der Waals surface area (Å²) < 4.78 is 1.43. The van der Waals surface area contributed by atoms with Gasteiger partial charge in [0, 0.05) is 12.5 Å². The van der Waals surface area contributed by atoms with Crippen molar-refractivity contribution < 1.29 is 4.79 Å². The number of Topliss-reactive ketones (excluding diaryl/α,β-unsaturated/α-hetero) is 1. The van der Waals surface area contributed by atoms with Crippen molar-refractivity contribution in [2.45, 2.75) is 90.0 Å². The summed E-state index contributed by atoms with van der Waals surface area (Å²) in [4.78, 5) is 22.7. The second kappa shape index (κ2) is 13.7. The van der Waals surface area contributed by atoms with E-state index in [2.05, 4.69) is 11.7 Å². The molecular weight excluding hydrogens is 348 g/mol. The van der Waals surface area contributed by atoms with Gasteiger partial charge in [0.1, 0.15) is 10.9 Å². The monoisotopic (exact) mass is 380 g/mol. The van der Waals surface area contributed by atoms with E-state index < -0.39 is 0 Å². The highest BCUT2D eigenvalue weighted by atomic mass is 35.5. The minimum absolute atomic E-state index is 0.0868. The maximum Gasteiger partial charge on any atom is 0.267 e. The molecule has 0 fully saturated rings. The lowest BCUT2D eigenvalue weighted by atomic mass is 10.0. The molecule has 0 saturated heterocycles. The van der Waals surface area contributed by atoms with Gasteiger partial charge < -0.3 is 4.79 Å². The molecule has 0 aromatic carbocycles. The first kappa shape index (κ1) is 22.6. The number of aromatic nitrogens is 2. The van der Waals surface area contributed by atoms with Gasteiger partial charge in [-0.25, -0.2) is 4.68 Å². The summed E-state index contributed by atoms with van der Waals surface area (Å²) in [6.45, 7) is 5.49. The largest absolute Gasteiger partial charge is 0.300 e. The van der Waals surface area contributed by atoms with E-state index in [1.807, 2.05) is 0 Å². The molecule has 1 atom stereocenters. The van der Waals surface area contributed by atoms with E-state index in [0.29, 0.717) is 10.9 Å². The Morgan fingerprint density at radius 1 is 1.08 bits per heavy atom. The third-order valence-corrected chi connectivity index (χ3v) is 4.86. The van der Waals surface area contributed by atoms with Gasteiger partial charge in [-0.15, -0.1) is 6.58 Å². The van der Waals surface area contributed by atoms with Crippen molar-refractivity contribution in [3.05, 3.63) is 40.3 Å². The van der Waals surface area contributed by atoms with E-state index in [1.54, 1.807) is 13.0 Å². The Labute approximate surface area is 162 Å². The Hall–Kier alpha value is -1.42. The van der Waals surface area contributed by atoms with Gasteiger partial charge >= 0.3 is 0 Å². The van der Waals surface area contributed by atoms with E-state index in [1.165, 1.54) is 61.8 Å². The smallest absolute Gasteiger partial charge is 0.267 e. The lowest BCUT2D eigenvalue weighted by Crippen LogP contribution is -2.25. The van der Waals surface area contributed by atoms with Gasteiger partial charge in [-0.2, -0.15) is 5.10 Å². The molecule has 0 amide bonds. The third kappa shape index (κ3) is 9.91. The normalized spacial score (nSPS) is 12.1. The summed E-state index contributed by atoms with van der Waals surface area (Å²) >= 11 is 5.88. The van der Waals surface area contributed by atoms with E-state index >= 15 is 0 Å². The van der Waals surface area contributed by atoms with Crippen molar-refractivity contribution in [2.75, 3.05) is 0 Å². The fourth-order valence-electron chi connectivity index (χ4n) is 3.12. The molecule has 0 aliphatic rings. The molecule has 0 aliphatic heterocycles. The van der Waals surface area contributed by atoms with Crippen LogP contribution in [0.25, 0.3) is 0 Å². The summed E-state index contributed by atoms with van der Waals surface area (Å²) in [5, 5.41) is 4.43. The van der Waals surface area contributed by atoms with Crippen LogP contribution in [-0.4, -0.2) is 15.6 Å². The third-order valence-electron chi connectivity index (χ3n) is 4.66. The molecule has 0 saturated carbocycles. The number of nitrogens with zero attached hydrogens (tertiary/aromatic N) is 2. The molecule has 1 aromatic heterocycles. The predicted octanol–water partition coefficient (Wildman–Crippen LogP) is 5.89. The second-order valence-corrected chi connectivity index (χ2v) is 7.41. The summed E-state index contributed by atoms with van der Waals surface area (Å²) in [6.07, 6.45) is 15.4. The number of allylic oxidation sites excluding steroid dienone is 1. The lowest BCUT2D eigenvalue weighted by Gasteiger charge is -2.14. The molecule has 0 aliphatic carbocycles. The van der Waals surface area contributed by atoms with Gasteiger partial charge in [0.2, 0.25) is 0 Å². The fraction of sp³-hybridized carbons (Fsp3) is 0.667. The number of ketones is 1. The topological polar surface area (TPSA) is 52.0 Å². The number of carbonyl (C=O) groups excluding carboxylic acids is 1. The Morgan fingerprint density at radius 2 is 1.62 bits per heavy atom. The first-order chi connectivity index (χ1) is 12.5. The van der Waals surface area contributed by atoms with Crippen LogP contribution in [0.15, 0.2) is 29.6 Å². The molecule has 0 radical (unpaired) electrons. The summed E-state index contributed by atoms with van der Waals surface area (Å²) in [7, 11) is 0. The van der Waals surface area contributed by atoms with Crippen molar-refractivity contribution in [3.63, 3.8) is 0 Å². The van der Waals surface area contributed by atoms with E-state index in [4.69, 9.17) is 11.6 Å². The first-order valence-corrected chi connectivity index (χ1v) is 10.3. The number of carbonyl (C=O) groups is 1. The lowest BCUT2D eigenvalue weighted by molar-refractivity contribution is -0.117.